The van der Waals surface area contributed by atoms with Crippen molar-refractivity contribution in [1.29, 1.82) is 0 Å². The van der Waals surface area contributed by atoms with E-state index in [4.69, 9.17) is 0 Å². The molecule has 0 fully saturated rings. The van der Waals surface area contributed by atoms with Gasteiger partial charge in [0.05, 0.1) is 7.11 Å². The van der Waals surface area contributed by atoms with Crippen molar-refractivity contribution in [2.24, 2.45) is 0 Å². The van der Waals surface area contributed by atoms with Gasteiger partial charge in [0.25, 0.3) is 0 Å². The lowest BCUT2D eigenvalue weighted by molar-refractivity contribution is -0.170. The maximum Gasteiger partial charge on any atom is 0.381 e. The van der Waals surface area contributed by atoms with Gasteiger partial charge in [-0.1, -0.05) is 31.2 Å². The van der Waals surface area contributed by atoms with Gasteiger partial charge in [0.1, 0.15) is 0 Å². The zero-order valence-electron chi connectivity index (χ0n) is 8.59. The lowest BCUT2D eigenvalue weighted by atomic mass is 10.00. The van der Waals surface area contributed by atoms with Crippen LogP contribution >= 0.6 is 0 Å². The molecule has 82 valence electrons. The molecule has 1 rings (SSSR count). The van der Waals surface area contributed by atoms with Crippen LogP contribution < -0.4 is 0 Å². The Balaban J connectivity index is 3.19. The van der Waals surface area contributed by atoms with Gasteiger partial charge in [-0.05, 0) is 12.0 Å². The highest BCUT2D eigenvalue weighted by Crippen LogP contribution is 2.31. The van der Waals surface area contributed by atoms with E-state index in [-0.39, 0.29) is 5.56 Å². The third-order valence-corrected chi connectivity index (χ3v) is 2.18. The molecule has 1 aromatic carbocycles. The zero-order chi connectivity index (χ0) is 11.5. The number of rotatable bonds is 3. The Morgan fingerprint density at radius 2 is 2.00 bits per heavy atom. The first-order valence-electron chi connectivity index (χ1n) is 4.58. The van der Waals surface area contributed by atoms with E-state index in [0.29, 0.717) is 12.0 Å². The molecule has 0 saturated carbocycles. The molecule has 0 aliphatic carbocycles. The van der Waals surface area contributed by atoms with Crippen LogP contribution in [-0.4, -0.2) is 13.1 Å². The standard InChI is InChI=1S/C11H12F2O2/c1-3-8-6-4-5-7-9(8)11(12,13)10(14)15-2/h4-7H,3H2,1-2H3. The molecule has 0 aromatic heterocycles. The molecule has 15 heavy (non-hydrogen) atoms. The Hall–Kier alpha value is -1.45. The number of halogens is 2. The van der Waals surface area contributed by atoms with Gasteiger partial charge < -0.3 is 4.74 Å². The van der Waals surface area contributed by atoms with Crippen molar-refractivity contribution < 1.29 is 18.3 Å². The third kappa shape index (κ3) is 2.14. The van der Waals surface area contributed by atoms with Crippen LogP contribution in [0.2, 0.25) is 0 Å². The summed E-state index contributed by atoms with van der Waals surface area (Å²) in [4.78, 5) is 10.9. The van der Waals surface area contributed by atoms with Crippen LogP contribution in [0, 0.1) is 0 Å². The number of esters is 1. The fourth-order valence-electron chi connectivity index (χ4n) is 1.37. The predicted octanol–water partition coefficient (Wildman–Crippen LogP) is 2.51. The van der Waals surface area contributed by atoms with Gasteiger partial charge in [-0.2, -0.15) is 8.78 Å². The summed E-state index contributed by atoms with van der Waals surface area (Å²) in [7, 11) is 0.949. The molecular weight excluding hydrogens is 202 g/mol. The molecule has 4 heteroatoms. The first-order valence-corrected chi connectivity index (χ1v) is 4.58. The fourth-order valence-corrected chi connectivity index (χ4v) is 1.37. The number of carbonyl (C=O) groups excluding carboxylic acids is 1. The van der Waals surface area contributed by atoms with Crippen LogP contribution in [0.25, 0.3) is 0 Å². The Labute approximate surface area is 86.9 Å². The van der Waals surface area contributed by atoms with Crippen LogP contribution in [0.4, 0.5) is 8.78 Å². The topological polar surface area (TPSA) is 26.3 Å². The highest BCUT2D eigenvalue weighted by Gasteiger charge is 2.43. The van der Waals surface area contributed by atoms with Crippen molar-refractivity contribution in [3.63, 3.8) is 0 Å². The van der Waals surface area contributed by atoms with E-state index in [1.807, 2.05) is 0 Å². The molecule has 1 aromatic rings. The van der Waals surface area contributed by atoms with Gasteiger partial charge in [-0.3, -0.25) is 0 Å². The van der Waals surface area contributed by atoms with Crippen LogP contribution in [0.3, 0.4) is 0 Å². The molecule has 0 aliphatic rings. The highest BCUT2D eigenvalue weighted by atomic mass is 19.3. The summed E-state index contributed by atoms with van der Waals surface area (Å²) in [6.07, 6.45) is 0.447. The SMILES string of the molecule is CCc1ccccc1C(F)(F)C(=O)OC. The van der Waals surface area contributed by atoms with Crippen molar-refractivity contribution in [1.82, 2.24) is 0 Å². The molecule has 0 amide bonds. The summed E-state index contributed by atoms with van der Waals surface area (Å²) in [6, 6.07) is 5.96. The van der Waals surface area contributed by atoms with Gasteiger partial charge in [0.15, 0.2) is 0 Å². The maximum atomic E-state index is 13.5. The van der Waals surface area contributed by atoms with Gasteiger partial charge in [-0.15, -0.1) is 0 Å². The fraction of sp³-hybridized carbons (Fsp3) is 0.364. The highest BCUT2D eigenvalue weighted by molar-refractivity contribution is 5.79. The molecular formula is C11H12F2O2. The van der Waals surface area contributed by atoms with Crippen LogP contribution in [0.15, 0.2) is 24.3 Å². The molecule has 0 radical (unpaired) electrons. The Morgan fingerprint density at radius 3 is 2.53 bits per heavy atom. The number of aryl methyl sites for hydroxylation is 1. The maximum absolute atomic E-state index is 13.5. The largest absolute Gasteiger partial charge is 0.464 e. The number of hydrogen-bond acceptors (Lipinski definition) is 2. The minimum absolute atomic E-state index is 0.278. The minimum Gasteiger partial charge on any atom is -0.464 e. The zero-order valence-corrected chi connectivity index (χ0v) is 8.59. The first kappa shape index (κ1) is 11.6. The van der Waals surface area contributed by atoms with E-state index in [2.05, 4.69) is 4.74 Å². The second-order valence-corrected chi connectivity index (χ2v) is 3.08. The average molecular weight is 214 g/mol. The van der Waals surface area contributed by atoms with Crippen LogP contribution in [-0.2, 0) is 21.9 Å². The van der Waals surface area contributed by atoms with Crippen LogP contribution in [0.5, 0.6) is 0 Å². The van der Waals surface area contributed by atoms with E-state index in [0.717, 1.165) is 7.11 Å². The van der Waals surface area contributed by atoms with Crippen molar-refractivity contribution in [3.8, 4) is 0 Å². The third-order valence-electron chi connectivity index (χ3n) is 2.18. The molecule has 0 bridgehead atoms. The van der Waals surface area contributed by atoms with Gasteiger partial charge in [0.2, 0.25) is 0 Å². The van der Waals surface area contributed by atoms with Crippen molar-refractivity contribution >= 4 is 5.97 Å². The van der Waals surface area contributed by atoms with E-state index in [1.54, 1.807) is 19.1 Å². The Morgan fingerprint density at radius 1 is 1.40 bits per heavy atom. The summed E-state index contributed by atoms with van der Waals surface area (Å²) in [5, 5.41) is 0. The monoisotopic (exact) mass is 214 g/mol. The second kappa shape index (κ2) is 4.38. The smallest absolute Gasteiger partial charge is 0.381 e. The molecule has 0 aliphatic heterocycles. The number of benzene rings is 1. The lowest BCUT2D eigenvalue weighted by Crippen LogP contribution is -2.28. The lowest BCUT2D eigenvalue weighted by Gasteiger charge is -2.16. The summed E-state index contributed by atoms with van der Waals surface area (Å²) >= 11 is 0. The van der Waals surface area contributed by atoms with Gasteiger partial charge in [-0.25, -0.2) is 4.79 Å². The molecule has 2 nitrogen and oxygen atoms in total. The minimum atomic E-state index is -3.57. The van der Waals surface area contributed by atoms with E-state index in [1.165, 1.54) is 12.1 Å². The van der Waals surface area contributed by atoms with Gasteiger partial charge >= 0.3 is 11.9 Å². The molecule has 0 saturated heterocycles. The normalized spacial score (nSPS) is 11.2. The average Bonchev–Trinajstić information content (AvgIpc) is 2.27. The van der Waals surface area contributed by atoms with Crippen molar-refractivity contribution in [2.45, 2.75) is 19.3 Å². The number of alkyl halides is 2. The van der Waals surface area contributed by atoms with Gasteiger partial charge in [0, 0.05) is 5.56 Å². The van der Waals surface area contributed by atoms with Crippen molar-refractivity contribution in [3.05, 3.63) is 35.4 Å². The predicted molar refractivity (Wildman–Crippen MR) is 51.7 cm³/mol. The van der Waals surface area contributed by atoms with E-state index < -0.39 is 11.9 Å². The number of hydrogen-bond donors (Lipinski definition) is 0. The number of ether oxygens (including phenoxy) is 1. The Bertz CT molecular complexity index is 361. The number of methoxy groups -OCH3 is 1. The quantitative estimate of drug-likeness (QED) is 0.722. The molecule has 0 atom stereocenters. The summed E-state index contributed by atoms with van der Waals surface area (Å²) < 4.78 is 31.1. The molecule has 0 spiro atoms. The molecule has 0 heterocycles. The first-order chi connectivity index (χ1) is 7.04. The summed E-state index contributed by atoms with van der Waals surface area (Å²) in [6.45, 7) is 1.76. The molecule has 0 N–H and O–H groups in total. The Kier molecular flexibility index (Phi) is 3.39. The van der Waals surface area contributed by atoms with E-state index in [9.17, 15) is 13.6 Å². The summed E-state index contributed by atoms with van der Waals surface area (Å²) in [5.74, 6) is -5.09. The molecule has 0 unspecified atom stereocenters. The summed E-state index contributed by atoms with van der Waals surface area (Å²) in [5.41, 5.74) is 0.173. The van der Waals surface area contributed by atoms with Crippen LogP contribution in [0.1, 0.15) is 18.1 Å². The second-order valence-electron chi connectivity index (χ2n) is 3.08. The number of carbonyl (C=O) groups is 1. The van der Waals surface area contributed by atoms with E-state index >= 15 is 0 Å². The van der Waals surface area contributed by atoms with Crippen molar-refractivity contribution in [2.75, 3.05) is 7.11 Å².